The Labute approximate surface area is 186 Å². The predicted octanol–water partition coefficient (Wildman–Crippen LogP) is 5.42. The van der Waals surface area contributed by atoms with Crippen LogP contribution in [-0.4, -0.2) is 42.3 Å². The van der Waals surface area contributed by atoms with Crippen molar-refractivity contribution in [2.75, 3.05) is 19.6 Å². The summed E-state index contributed by atoms with van der Waals surface area (Å²) in [6.45, 7) is 7.09. The number of benzene rings is 2. The van der Waals surface area contributed by atoms with Gasteiger partial charge in [0.1, 0.15) is 17.5 Å². The van der Waals surface area contributed by atoms with Gasteiger partial charge in [0.15, 0.2) is 0 Å². The van der Waals surface area contributed by atoms with Crippen molar-refractivity contribution in [1.82, 2.24) is 10.2 Å². The normalized spacial score (nSPS) is 18.2. The molecule has 1 N–H and O–H groups in total. The fraction of sp³-hybridized carbons (Fsp3) is 0.458. The first-order chi connectivity index (χ1) is 15.0. The monoisotopic (exact) mass is 450 g/mol. The van der Waals surface area contributed by atoms with E-state index in [1.807, 2.05) is 51.1 Å². The van der Waals surface area contributed by atoms with Crippen LogP contribution in [0.1, 0.15) is 44.4 Å². The molecule has 1 amide bonds. The second-order valence-corrected chi connectivity index (χ2v) is 8.85. The molecule has 0 saturated carbocycles. The topological polar surface area (TPSA) is 50.8 Å². The molecule has 5 nitrogen and oxygen atoms in total. The lowest BCUT2D eigenvalue weighted by Gasteiger charge is -2.36. The lowest BCUT2D eigenvalue weighted by atomic mass is 10.00. The fourth-order valence-electron chi connectivity index (χ4n) is 3.54. The largest absolute Gasteiger partial charge is 0.486 e. The average Bonchev–Trinajstić information content (AvgIpc) is 2.73. The Bertz CT molecular complexity index is 880. The van der Waals surface area contributed by atoms with Crippen LogP contribution in [0, 0.1) is 0 Å². The third-order valence-electron chi connectivity index (χ3n) is 5.04. The minimum atomic E-state index is -4.39. The van der Waals surface area contributed by atoms with E-state index < -0.39 is 23.4 Å². The molecule has 2 aromatic carbocycles. The molecule has 3 rings (SSSR count). The molecule has 1 aliphatic heterocycles. The SMILES string of the molecule is CC(C)(C)OC(=O)N1CCNC(CC(Oc2ccc(C(F)(F)F)cc2)c2ccccc2)C1. The van der Waals surface area contributed by atoms with Crippen LogP contribution in [0.3, 0.4) is 0 Å². The summed E-state index contributed by atoms with van der Waals surface area (Å²) in [6.07, 6.45) is -4.62. The van der Waals surface area contributed by atoms with E-state index >= 15 is 0 Å². The van der Waals surface area contributed by atoms with Gasteiger partial charge in [0.25, 0.3) is 0 Å². The van der Waals surface area contributed by atoms with Crippen molar-refractivity contribution in [2.45, 2.75) is 51.1 Å². The van der Waals surface area contributed by atoms with Crippen LogP contribution in [0.5, 0.6) is 5.75 Å². The molecule has 1 heterocycles. The maximum atomic E-state index is 12.9. The highest BCUT2D eigenvalue weighted by Gasteiger charge is 2.31. The third-order valence-corrected chi connectivity index (χ3v) is 5.04. The van der Waals surface area contributed by atoms with Gasteiger partial charge in [-0.1, -0.05) is 30.3 Å². The molecule has 8 heteroatoms. The van der Waals surface area contributed by atoms with Crippen LogP contribution >= 0.6 is 0 Å². The lowest BCUT2D eigenvalue weighted by molar-refractivity contribution is -0.137. The number of carbonyl (C=O) groups excluding carboxylic acids is 1. The van der Waals surface area contributed by atoms with Crippen LogP contribution in [0.15, 0.2) is 54.6 Å². The zero-order valence-electron chi connectivity index (χ0n) is 18.5. The van der Waals surface area contributed by atoms with Crippen LogP contribution in [-0.2, 0) is 10.9 Å². The van der Waals surface area contributed by atoms with E-state index in [-0.39, 0.29) is 12.1 Å². The van der Waals surface area contributed by atoms with E-state index in [0.717, 1.165) is 17.7 Å². The Morgan fingerprint density at radius 1 is 1.09 bits per heavy atom. The number of rotatable bonds is 5. The number of hydrogen-bond donors (Lipinski definition) is 1. The van der Waals surface area contributed by atoms with Gasteiger partial charge >= 0.3 is 12.3 Å². The molecule has 2 aromatic rings. The average molecular weight is 451 g/mol. The number of nitrogens with zero attached hydrogens (tertiary/aromatic N) is 1. The fourth-order valence-corrected chi connectivity index (χ4v) is 3.54. The summed E-state index contributed by atoms with van der Waals surface area (Å²) in [5.74, 6) is 0.353. The molecular weight excluding hydrogens is 421 g/mol. The standard InChI is InChI=1S/C24H29F3N2O3/c1-23(2,3)32-22(30)29-14-13-28-19(16-29)15-21(17-7-5-4-6-8-17)31-20-11-9-18(10-12-20)24(25,26)27/h4-12,19,21,28H,13-16H2,1-3H3. The van der Waals surface area contributed by atoms with Crippen molar-refractivity contribution in [3.63, 3.8) is 0 Å². The van der Waals surface area contributed by atoms with Crippen molar-refractivity contribution in [3.8, 4) is 5.75 Å². The van der Waals surface area contributed by atoms with E-state index in [9.17, 15) is 18.0 Å². The van der Waals surface area contributed by atoms with Gasteiger partial charge in [-0.25, -0.2) is 4.79 Å². The molecule has 174 valence electrons. The maximum absolute atomic E-state index is 12.9. The van der Waals surface area contributed by atoms with E-state index in [1.54, 1.807) is 4.90 Å². The molecular formula is C24H29F3N2O3. The minimum absolute atomic E-state index is 0.0593. The highest BCUT2D eigenvalue weighted by Crippen LogP contribution is 2.32. The van der Waals surface area contributed by atoms with Gasteiger partial charge in [-0.3, -0.25) is 0 Å². The van der Waals surface area contributed by atoms with E-state index in [1.165, 1.54) is 12.1 Å². The summed E-state index contributed by atoms with van der Waals surface area (Å²) in [7, 11) is 0. The van der Waals surface area contributed by atoms with E-state index in [2.05, 4.69) is 5.32 Å². The molecule has 0 aliphatic carbocycles. The summed E-state index contributed by atoms with van der Waals surface area (Å²) < 4.78 is 50.2. The molecule has 32 heavy (non-hydrogen) atoms. The Kier molecular flexibility index (Phi) is 7.33. The summed E-state index contributed by atoms with van der Waals surface area (Å²) >= 11 is 0. The van der Waals surface area contributed by atoms with Crippen molar-refractivity contribution < 1.29 is 27.4 Å². The summed E-state index contributed by atoms with van der Waals surface area (Å²) in [4.78, 5) is 14.1. The van der Waals surface area contributed by atoms with Gasteiger partial charge in [0.2, 0.25) is 0 Å². The summed E-state index contributed by atoms with van der Waals surface area (Å²) in [6, 6.07) is 14.1. The second kappa shape index (κ2) is 9.81. The van der Waals surface area contributed by atoms with Gasteiger partial charge < -0.3 is 19.7 Å². The van der Waals surface area contributed by atoms with Gasteiger partial charge in [0.05, 0.1) is 5.56 Å². The number of ether oxygens (including phenoxy) is 2. The Morgan fingerprint density at radius 3 is 2.34 bits per heavy atom. The number of hydrogen-bond acceptors (Lipinski definition) is 4. The van der Waals surface area contributed by atoms with Crippen molar-refractivity contribution in [3.05, 3.63) is 65.7 Å². The Balaban J connectivity index is 1.72. The quantitative estimate of drug-likeness (QED) is 0.661. The van der Waals surface area contributed by atoms with Crippen LogP contribution in [0.4, 0.5) is 18.0 Å². The number of carbonyl (C=O) groups is 1. The molecule has 2 unspecified atom stereocenters. The van der Waals surface area contributed by atoms with Crippen LogP contribution in [0.2, 0.25) is 0 Å². The van der Waals surface area contributed by atoms with Gasteiger partial charge in [0, 0.05) is 32.1 Å². The Morgan fingerprint density at radius 2 is 1.75 bits per heavy atom. The molecule has 0 spiro atoms. The van der Waals surface area contributed by atoms with Crippen molar-refractivity contribution in [2.24, 2.45) is 0 Å². The first kappa shape index (κ1) is 23.9. The van der Waals surface area contributed by atoms with Crippen LogP contribution in [0.25, 0.3) is 0 Å². The molecule has 2 atom stereocenters. The molecule has 0 radical (unpaired) electrons. The van der Waals surface area contributed by atoms with Crippen molar-refractivity contribution >= 4 is 6.09 Å². The number of piperazine rings is 1. The molecule has 1 fully saturated rings. The van der Waals surface area contributed by atoms with Gasteiger partial charge in [-0.15, -0.1) is 0 Å². The third kappa shape index (κ3) is 6.88. The lowest BCUT2D eigenvalue weighted by Crippen LogP contribution is -2.54. The summed E-state index contributed by atoms with van der Waals surface area (Å²) in [5, 5.41) is 3.40. The van der Waals surface area contributed by atoms with Gasteiger partial charge in [-0.2, -0.15) is 13.2 Å². The molecule has 1 aliphatic rings. The molecule has 1 saturated heterocycles. The highest BCUT2D eigenvalue weighted by molar-refractivity contribution is 5.68. The number of nitrogens with one attached hydrogen (secondary N) is 1. The van der Waals surface area contributed by atoms with Crippen molar-refractivity contribution in [1.29, 1.82) is 0 Å². The maximum Gasteiger partial charge on any atom is 0.416 e. The zero-order valence-corrected chi connectivity index (χ0v) is 18.5. The molecule has 0 bridgehead atoms. The predicted molar refractivity (Wildman–Crippen MR) is 115 cm³/mol. The zero-order chi connectivity index (χ0) is 23.4. The minimum Gasteiger partial charge on any atom is -0.486 e. The number of amides is 1. The molecule has 0 aromatic heterocycles. The first-order valence-corrected chi connectivity index (χ1v) is 10.6. The number of alkyl halides is 3. The number of halogens is 3. The smallest absolute Gasteiger partial charge is 0.416 e. The van der Waals surface area contributed by atoms with E-state index in [0.29, 0.717) is 31.8 Å². The summed E-state index contributed by atoms with van der Waals surface area (Å²) in [5.41, 5.74) is -0.387. The Hall–Kier alpha value is -2.74. The highest BCUT2D eigenvalue weighted by atomic mass is 19.4. The van der Waals surface area contributed by atoms with E-state index in [4.69, 9.17) is 9.47 Å². The van der Waals surface area contributed by atoms with Crippen LogP contribution < -0.4 is 10.1 Å². The first-order valence-electron chi connectivity index (χ1n) is 10.6. The second-order valence-electron chi connectivity index (χ2n) is 8.85. The van der Waals surface area contributed by atoms with Gasteiger partial charge in [-0.05, 0) is 50.6 Å².